The molecule has 1 N–H and O–H groups in total. The number of methoxy groups -OCH3 is 1. The Hall–Kier alpha value is -1.09. The maximum atomic E-state index is 5.22. The molecule has 0 saturated heterocycles. The number of aryl methyl sites for hydroxylation is 1. The van der Waals surface area contributed by atoms with E-state index in [0.29, 0.717) is 0 Å². The van der Waals surface area contributed by atoms with Crippen molar-refractivity contribution in [3.05, 3.63) is 23.0 Å². The van der Waals surface area contributed by atoms with E-state index in [1.807, 2.05) is 6.92 Å². The third-order valence-electron chi connectivity index (χ3n) is 2.41. The van der Waals surface area contributed by atoms with Gasteiger partial charge in [0, 0.05) is 25.2 Å². The molecule has 70 valence electrons. The smallest absolute Gasteiger partial charge is 0.140 e. The third-order valence-corrected chi connectivity index (χ3v) is 2.41. The minimum Gasteiger partial charge on any atom is -0.495 e. The summed E-state index contributed by atoms with van der Waals surface area (Å²) < 4.78 is 5.22. The quantitative estimate of drug-likeness (QED) is 0.697. The van der Waals surface area contributed by atoms with Gasteiger partial charge in [-0.3, -0.25) is 4.98 Å². The van der Waals surface area contributed by atoms with Crippen molar-refractivity contribution in [2.45, 2.75) is 19.9 Å². The molecule has 2 heterocycles. The van der Waals surface area contributed by atoms with E-state index in [1.165, 1.54) is 11.3 Å². The Kier molecular flexibility index (Phi) is 2.19. The number of aromatic nitrogens is 1. The second-order valence-electron chi connectivity index (χ2n) is 3.31. The number of ether oxygens (including phenoxy) is 1. The Labute approximate surface area is 78.1 Å². The van der Waals surface area contributed by atoms with Gasteiger partial charge in [-0.1, -0.05) is 0 Å². The van der Waals surface area contributed by atoms with Crippen molar-refractivity contribution in [3.63, 3.8) is 0 Å². The highest BCUT2D eigenvalue weighted by molar-refractivity contribution is 5.36. The van der Waals surface area contributed by atoms with Crippen LogP contribution in [0.25, 0.3) is 0 Å². The summed E-state index contributed by atoms with van der Waals surface area (Å²) in [5, 5.41) is 3.32. The molecule has 0 saturated carbocycles. The summed E-state index contributed by atoms with van der Waals surface area (Å²) in [6, 6.07) is 2.09. The maximum absolute atomic E-state index is 5.22. The molecular formula is C10H14N2O. The zero-order valence-corrected chi connectivity index (χ0v) is 8.05. The second kappa shape index (κ2) is 3.34. The first-order valence-corrected chi connectivity index (χ1v) is 4.55. The van der Waals surface area contributed by atoms with Crippen LogP contribution in [0, 0.1) is 6.92 Å². The van der Waals surface area contributed by atoms with Gasteiger partial charge in [0.15, 0.2) is 0 Å². The first-order chi connectivity index (χ1) is 6.31. The number of nitrogens with zero attached hydrogens (tertiary/aromatic N) is 1. The van der Waals surface area contributed by atoms with Crippen LogP contribution in [-0.2, 0) is 13.0 Å². The minimum atomic E-state index is 0.891. The highest BCUT2D eigenvalue weighted by atomic mass is 16.5. The molecule has 2 rings (SSSR count). The van der Waals surface area contributed by atoms with Gasteiger partial charge in [-0.2, -0.15) is 0 Å². The van der Waals surface area contributed by atoms with E-state index >= 15 is 0 Å². The molecule has 0 fully saturated rings. The summed E-state index contributed by atoms with van der Waals surface area (Å²) in [6.45, 7) is 3.94. The van der Waals surface area contributed by atoms with Gasteiger partial charge in [0.05, 0.1) is 12.8 Å². The number of rotatable bonds is 1. The molecule has 1 aliphatic heterocycles. The van der Waals surface area contributed by atoms with Crippen LogP contribution in [0.4, 0.5) is 0 Å². The number of fused-ring (bicyclic) bond motifs is 1. The SMILES string of the molecule is COc1cc2c(nc1C)CCNC2. The van der Waals surface area contributed by atoms with Crippen LogP contribution in [0.2, 0.25) is 0 Å². The van der Waals surface area contributed by atoms with E-state index in [1.54, 1.807) is 7.11 Å². The minimum absolute atomic E-state index is 0.891. The monoisotopic (exact) mass is 178 g/mol. The van der Waals surface area contributed by atoms with Crippen molar-refractivity contribution in [1.29, 1.82) is 0 Å². The summed E-state index contributed by atoms with van der Waals surface area (Å²) >= 11 is 0. The number of hydrogen-bond acceptors (Lipinski definition) is 3. The Morgan fingerprint density at radius 1 is 1.54 bits per heavy atom. The normalized spacial score (nSPS) is 15.2. The van der Waals surface area contributed by atoms with E-state index in [2.05, 4.69) is 16.4 Å². The summed E-state index contributed by atoms with van der Waals surface area (Å²) in [5.41, 5.74) is 3.48. The fraction of sp³-hybridized carbons (Fsp3) is 0.500. The topological polar surface area (TPSA) is 34.1 Å². The molecule has 0 amide bonds. The molecule has 1 aromatic rings. The molecule has 0 radical (unpaired) electrons. The second-order valence-corrected chi connectivity index (χ2v) is 3.31. The predicted molar refractivity (Wildman–Crippen MR) is 50.9 cm³/mol. The lowest BCUT2D eigenvalue weighted by atomic mass is 10.1. The highest BCUT2D eigenvalue weighted by Gasteiger charge is 2.12. The van der Waals surface area contributed by atoms with E-state index in [0.717, 1.165) is 31.0 Å². The molecule has 0 aliphatic carbocycles. The third kappa shape index (κ3) is 1.52. The molecular weight excluding hydrogens is 164 g/mol. The van der Waals surface area contributed by atoms with Crippen molar-refractivity contribution in [3.8, 4) is 5.75 Å². The van der Waals surface area contributed by atoms with Crippen molar-refractivity contribution < 1.29 is 4.74 Å². The number of hydrogen-bond donors (Lipinski definition) is 1. The molecule has 0 bridgehead atoms. The van der Waals surface area contributed by atoms with E-state index in [9.17, 15) is 0 Å². The zero-order valence-electron chi connectivity index (χ0n) is 8.05. The van der Waals surface area contributed by atoms with Gasteiger partial charge in [-0.15, -0.1) is 0 Å². The van der Waals surface area contributed by atoms with Crippen LogP contribution >= 0.6 is 0 Å². The average molecular weight is 178 g/mol. The van der Waals surface area contributed by atoms with E-state index in [-0.39, 0.29) is 0 Å². The molecule has 0 aromatic carbocycles. The van der Waals surface area contributed by atoms with Crippen LogP contribution in [0.15, 0.2) is 6.07 Å². The Morgan fingerprint density at radius 3 is 3.15 bits per heavy atom. The first kappa shape index (κ1) is 8.51. The molecule has 3 heteroatoms. The molecule has 0 spiro atoms. The van der Waals surface area contributed by atoms with Gasteiger partial charge >= 0.3 is 0 Å². The van der Waals surface area contributed by atoms with Crippen LogP contribution in [0.3, 0.4) is 0 Å². The summed E-state index contributed by atoms with van der Waals surface area (Å²) in [6.07, 6.45) is 1.03. The van der Waals surface area contributed by atoms with Gasteiger partial charge in [0.2, 0.25) is 0 Å². The Bertz CT molecular complexity index is 323. The first-order valence-electron chi connectivity index (χ1n) is 4.55. The lowest BCUT2D eigenvalue weighted by Gasteiger charge is -2.17. The summed E-state index contributed by atoms with van der Waals surface area (Å²) in [5.74, 6) is 0.891. The van der Waals surface area contributed by atoms with Crippen LogP contribution in [0.1, 0.15) is 17.0 Å². The largest absolute Gasteiger partial charge is 0.495 e. The van der Waals surface area contributed by atoms with Crippen molar-refractivity contribution in [2.75, 3.05) is 13.7 Å². The van der Waals surface area contributed by atoms with Crippen LogP contribution in [-0.4, -0.2) is 18.6 Å². The van der Waals surface area contributed by atoms with Crippen molar-refractivity contribution >= 4 is 0 Å². The average Bonchev–Trinajstić information content (AvgIpc) is 2.17. The van der Waals surface area contributed by atoms with E-state index < -0.39 is 0 Å². The zero-order chi connectivity index (χ0) is 9.26. The lowest BCUT2D eigenvalue weighted by molar-refractivity contribution is 0.407. The Balaban J connectivity index is 2.44. The van der Waals surface area contributed by atoms with Gasteiger partial charge in [0.1, 0.15) is 5.75 Å². The molecule has 3 nitrogen and oxygen atoms in total. The number of nitrogens with one attached hydrogen (secondary N) is 1. The van der Waals surface area contributed by atoms with Gasteiger partial charge in [-0.05, 0) is 18.6 Å². The molecule has 0 unspecified atom stereocenters. The molecule has 1 aromatic heterocycles. The highest BCUT2D eigenvalue weighted by Crippen LogP contribution is 2.21. The van der Waals surface area contributed by atoms with Crippen LogP contribution in [0.5, 0.6) is 5.75 Å². The van der Waals surface area contributed by atoms with Gasteiger partial charge in [-0.25, -0.2) is 0 Å². The standard InChI is InChI=1S/C10H14N2O/c1-7-10(13-2)5-8-6-11-4-3-9(8)12-7/h5,11H,3-4,6H2,1-2H3. The molecule has 0 atom stereocenters. The predicted octanol–water partition coefficient (Wildman–Crippen LogP) is 1.04. The maximum Gasteiger partial charge on any atom is 0.140 e. The lowest BCUT2D eigenvalue weighted by Crippen LogP contribution is -2.24. The molecule has 1 aliphatic rings. The van der Waals surface area contributed by atoms with E-state index in [4.69, 9.17) is 4.74 Å². The Morgan fingerprint density at radius 2 is 2.38 bits per heavy atom. The van der Waals surface area contributed by atoms with Crippen molar-refractivity contribution in [2.24, 2.45) is 0 Å². The van der Waals surface area contributed by atoms with Crippen molar-refractivity contribution in [1.82, 2.24) is 10.3 Å². The fourth-order valence-electron chi connectivity index (χ4n) is 1.68. The summed E-state index contributed by atoms with van der Waals surface area (Å²) in [7, 11) is 1.69. The molecule has 13 heavy (non-hydrogen) atoms. The van der Waals surface area contributed by atoms with Gasteiger partial charge in [0.25, 0.3) is 0 Å². The van der Waals surface area contributed by atoms with Gasteiger partial charge < -0.3 is 10.1 Å². The fourth-order valence-corrected chi connectivity index (χ4v) is 1.68. The summed E-state index contributed by atoms with van der Waals surface area (Å²) in [4.78, 5) is 4.52. The van der Waals surface area contributed by atoms with Crippen LogP contribution < -0.4 is 10.1 Å². The number of pyridine rings is 1.